The first-order valence-electron chi connectivity index (χ1n) is 7.92. The second kappa shape index (κ2) is 9.72. The Labute approximate surface area is 152 Å². The van der Waals surface area contributed by atoms with Crippen LogP contribution < -0.4 is 28.9 Å². The molecular weight excluding hydrogens is 383 g/mol. The highest BCUT2D eigenvalue weighted by Gasteiger charge is 2.08. The van der Waals surface area contributed by atoms with Gasteiger partial charge >= 0.3 is 0 Å². The average Bonchev–Trinajstić information content (AvgIpc) is 2.55. The highest BCUT2D eigenvalue weighted by molar-refractivity contribution is 5.56. The predicted octanol–water partition coefficient (Wildman–Crippen LogP) is 1.32. The number of likely N-dealkylation sites (N-methyl/N-ethyl adjacent to an activating group) is 1. The van der Waals surface area contributed by atoms with Crippen LogP contribution in [0.15, 0.2) is 54.8 Å². The van der Waals surface area contributed by atoms with E-state index in [0.29, 0.717) is 6.04 Å². The molecule has 1 aromatic rings. The first-order valence-corrected chi connectivity index (χ1v) is 7.92. The number of rotatable bonds is 6. The van der Waals surface area contributed by atoms with Crippen molar-refractivity contribution in [2.45, 2.75) is 26.8 Å². The molecule has 0 amide bonds. The Morgan fingerprint density at radius 1 is 1.05 bits per heavy atom. The van der Waals surface area contributed by atoms with Gasteiger partial charge in [-0.1, -0.05) is 36.4 Å². The molecule has 0 saturated carbocycles. The number of hydrogen-bond acceptors (Lipinski definition) is 2. The summed E-state index contributed by atoms with van der Waals surface area (Å²) in [7, 11) is 0. The fraction of sp³-hybridized carbons (Fsp3) is 0.368. The molecule has 0 fully saturated rings. The number of allylic oxidation sites excluding steroid dienone is 2. The van der Waals surface area contributed by atoms with E-state index in [1.165, 1.54) is 11.3 Å². The summed E-state index contributed by atoms with van der Waals surface area (Å²) in [5.41, 5.74) is 2.55. The van der Waals surface area contributed by atoms with Gasteiger partial charge in [0.1, 0.15) is 0 Å². The van der Waals surface area contributed by atoms with Crippen LogP contribution in [0, 0.1) is 0 Å². The minimum absolute atomic E-state index is 0. The molecule has 0 spiro atoms. The van der Waals surface area contributed by atoms with E-state index >= 15 is 0 Å². The zero-order chi connectivity index (χ0) is 15.1. The molecule has 1 unspecified atom stereocenters. The fourth-order valence-electron chi connectivity index (χ4n) is 2.63. The third kappa shape index (κ3) is 4.90. The molecule has 1 aromatic carbocycles. The molecule has 0 bridgehead atoms. The maximum atomic E-state index is 2.36. The van der Waals surface area contributed by atoms with Gasteiger partial charge < -0.3 is 33.8 Å². The second-order valence-electron chi connectivity index (χ2n) is 5.17. The molecule has 3 heteroatoms. The van der Waals surface area contributed by atoms with Gasteiger partial charge in [0.15, 0.2) is 0 Å². The van der Waals surface area contributed by atoms with Crippen LogP contribution in [0.5, 0.6) is 0 Å². The van der Waals surface area contributed by atoms with Crippen LogP contribution >= 0.6 is 0 Å². The summed E-state index contributed by atoms with van der Waals surface area (Å²) < 4.78 is 0. The number of nitrogens with zero attached hydrogens (tertiary/aromatic N) is 2. The standard InChI is InChI=1S/C19H26N2.HI/c1-4-20(5-2)19-14-11-17(12-15-19)10-13-18-9-7-8-16-21(18)6-3;/h7-16,18H,4-6H2,1-3H3;1H/p-1/b13-10+;. The van der Waals surface area contributed by atoms with Crippen molar-refractivity contribution in [1.29, 1.82) is 0 Å². The summed E-state index contributed by atoms with van der Waals surface area (Å²) in [5.74, 6) is 0. The Bertz CT molecular complexity index is 513. The van der Waals surface area contributed by atoms with Crippen molar-refractivity contribution in [3.05, 3.63) is 60.3 Å². The smallest absolute Gasteiger partial charge is 0.0657 e. The maximum absolute atomic E-state index is 2.36. The van der Waals surface area contributed by atoms with Gasteiger partial charge in [0, 0.05) is 25.3 Å². The van der Waals surface area contributed by atoms with Gasteiger partial charge in [-0.25, -0.2) is 0 Å². The number of benzene rings is 1. The quantitative estimate of drug-likeness (QED) is 0.655. The van der Waals surface area contributed by atoms with Crippen molar-refractivity contribution < 1.29 is 24.0 Å². The lowest BCUT2D eigenvalue weighted by Crippen LogP contribution is -3.00. The molecule has 2 nitrogen and oxygen atoms in total. The van der Waals surface area contributed by atoms with E-state index < -0.39 is 0 Å². The van der Waals surface area contributed by atoms with E-state index in [2.05, 4.69) is 91.4 Å². The second-order valence-corrected chi connectivity index (χ2v) is 5.17. The number of halogens is 1. The van der Waals surface area contributed by atoms with Gasteiger partial charge in [-0.05, 0) is 50.7 Å². The summed E-state index contributed by atoms with van der Waals surface area (Å²) in [5, 5.41) is 0. The van der Waals surface area contributed by atoms with Crippen LogP contribution in [-0.2, 0) is 0 Å². The van der Waals surface area contributed by atoms with Crippen molar-refractivity contribution in [2.75, 3.05) is 24.5 Å². The first-order chi connectivity index (χ1) is 10.3. The Balaban J connectivity index is 0.00000242. The Kier molecular flexibility index (Phi) is 8.31. The van der Waals surface area contributed by atoms with Crippen LogP contribution in [0.3, 0.4) is 0 Å². The van der Waals surface area contributed by atoms with Gasteiger partial charge in [-0.3, -0.25) is 0 Å². The normalized spacial score (nSPS) is 16.9. The summed E-state index contributed by atoms with van der Waals surface area (Å²) in [6, 6.07) is 9.18. The van der Waals surface area contributed by atoms with Crippen LogP contribution in [0.2, 0.25) is 0 Å². The third-order valence-corrected chi connectivity index (χ3v) is 3.95. The Hall–Kier alpha value is -1.23. The molecule has 0 aliphatic carbocycles. The summed E-state index contributed by atoms with van der Waals surface area (Å²) >= 11 is 0. The molecular formula is C19H26IN2-. The molecule has 22 heavy (non-hydrogen) atoms. The predicted molar refractivity (Wildman–Crippen MR) is 93.5 cm³/mol. The molecule has 0 saturated heterocycles. The van der Waals surface area contributed by atoms with Crippen LogP contribution in [-0.4, -0.2) is 30.6 Å². The Morgan fingerprint density at radius 2 is 1.73 bits per heavy atom. The van der Waals surface area contributed by atoms with Crippen molar-refractivity contribution in [3.63, 3.8) is 0 Å². The fourth-order valence-corrected chi connectivity index (χ4v) is 2.63. The molecule has 120 valence electrons. The van der Waals surface area contributed by atoms with Gasteiger partial charge in [-0.2, -0.15) is 0 Å². The van der Waals surface area contributed by atoms with Crippen LogP contribution in [0.1, 0.15) is 26.3 Å². The highest BCUT2D eigenvalue weighted by Crippen LogP contribution is 2.17. The van der Waals surface area contributed by atoms with Crippen molar-refractivity contribution in [2.24, 2.45) is 0 Å². The largest absolute Gasteiger partial charge is 1.00 e. The molecule has 1 aliphatic rings. The van der Waals surface area contributed by atoms with Crippen LogP contribution in [0.4, 0.5) is 5.69 Å². The molecule has 1 aliphatic heterocycles. The number of anilines is 1. The van der Waals surface area contributed by atoms with E-state index in [-0.39, 0.29) is 24.0 Å². The summed E-state index contributed by atoms with van der Waals surface area (Å²) in [6.07, 6.45) is 13.1. The minimum atomic E-state index is 0. The van der Waals surface area contributed by atoms with Crippen molar-refractivity contribution >= 4 is 11.8 Å². The van der Waals surface area contributed by atoms with E-state index in [0.717, 1.165) is 19.6 Å². The third-order valence-electron chi connectivity index (χ3n) is 3.95. The minimum Gasteiger partial charge on any atom is -1.00 e. The monoisotopic (exact) mass is 409 g/mol. The van der Waals surface area contributed by atoms with E-state index in [9.17, 15) is 0 Å². The molecule has 2 rings (SSSR count). The SMILES string of the molecule is CCN(CC)c1ccc(/C=C/C2C=CC=CN2CC)cc1.[I-]. The van der Waals surface area contributed by atoms with Gasteiger partial charge in [-0.15, -0.1) is 0 Å². The molecule has 0 aromatic heterocycles. The summed E-state index contributed by atoms with van der Waals surface area (Å²) in [6.45, 7) is 9.70. The van der Waals surface area contributed by atoms with Gasteiger partial charge in [0.2, 0.25) is 0 Å². The molecule has 0 N–H and O–H groups in total. The lowest BCUT2D eigenvalue weighted by atomic mass is 10.1. The lowest BCUT2D eigenvalue weighted by Gasteiger charge is -2.26. The molecule has 1 heterocycles. The van der Waals surface area contributed by atoms with Crippen LogP contribution in [0.25, 0.3) is 6.08 Å². The van der Waals surface area contributed by atoms with E-state index in [4.69, 9.17) is 0 Å². The molecule has 1 atom stereocenters. The summed E-state index contributed by atoms with van der Waals surface area (Å²) in [4.78, 5) is 4.68. The average molecular weight is 409 g/mol. The Morgan fingerprint density at radius 3 is 2.32 bits per heavy atom. The topological polar surface area (TPSA) is 6.48 Å². The van der Waals surface area contributed by atoms with Gasteiger partial charge in [0.05, 0.1) is 6.04 Å². The maximum Gasteiger partial charge on any atom is 0.0657 e. The number of hydrogen-bond donors (Lipinski definition) is 0. The van der Waals surface area contributed by atoms with Gasteiger partial charge in [0.25, 0.3) is 0 Å². The zero-order valence-electron chi connectivity index (χ0n) is 13.7. The first kappa shape index (κ1) is 18.8. The van der Waals surface area contributed by atoms with E-state index in [1.807, 2.05) is 0 Å². The van der Waals surface area contributed by atoms with E-state index in [1.54, 1.807) is 0 Å². The lowest BCUT2D eigenvalue weighted by molar-refractivity contribution is -0.00000434. The van der Waals surface area contributed by atoms with Crippen molar-refractivity contribution in [3.8, 4) is 0 Å². The highest BCUT2D eigenvalue weighted by atomic mass is 127. The zero-order valence-corrected chi connectivity index (χ0v) is 15.9. The van der Waals surface area contributed by atoms with Crippen molar-refractivity contribution in [1.82, 2.24) is 4.90 Å². The molecule has 0 radical (unpaired) electrons.